The molecule has 0 atom stereocenters. The Bertz CT molecular complexity index is 182. The molecule has 0 aliphatic heterocycles. The van der Waals surface area contributed by atoms with Gasteiger partial charge in [-0.2, -0.15) is 0 Å². The zero-order valence-electron chi connectivity index (χ0n) is 7.34. The van der Waals surface area contributed by atoms with Crippen molar-refractivity contribution in [1.29, 1.82) is 0 Å². The van der Waals surface area contributed by atoms with Crippen molar-refractivity contribution in [2.45, 2.75) is 32.6 Å². The highest BCUT2D eigenvalue weighted by molar-refractivity contribution is 5.80. The van der Waals surface area contributed by atoms with Crippen molar-refractivity contribution in [1.82, 2.24) is 0 Å². The lowest BCUT2D eigenvalue weighted by Gasteiger charge is -2.01. The van der Waals surface area contributed by atoms with Crippen molar-refractivity contribution in [3.63, 3.8) is 0 Å². The molecule has 0 aromatic carbocycles. The van der Waals surface area contributed by atoms with Gasteiger partial charge in [0.2, 0.25) is 0 Å². The maximum Gasteiger partial charge on any atom is 0.306 e. The fraction of sp³-hybridized carbons (Fsp3) is 0.778. The summed E-state index contributed by atoms with van der Waals surface area (Å²) in [5.41, 5.74) is 0. The highest BCUT2D eigenvalue weighted by atomic mass is 16.5. The largest absolute Gasteiger partial charge is 0.465 e. The summed E-state index contributed by atoms with van der Waals surface area (Å²) in [6, 6.07) is 0. The first kappa shape index (κ1) is 9.23. The maximum absolute atomic E-state index is 10.9. The van der Waals surface area contributed by atoms with Gasteiger partial charge < -0.3 is 9.53 Å². The predicted molar refractivity (Wildman–Crippen MR) is 43.6 cm³/mol. The van der Waals surface area contributed by atoms with Crippen LogP contribution in [0.3, 0.4) is 0 Å². The Hall–Kier alpha value is -0.860. The molecule has 1 aliphatic carbocycles. The molecule has 0 N–H and O–H groups in total. The summed E-state index contributed by atoms with van der Waals surface area (Å²) in [7, 11) is 0. The molecule has 3 heteroatoms. The summed E-state index contributed by atoms with van der Waals surface area (Å²) in [6.45, 7) is 2.03. The SMILES string of the molecule is CC(=O)CCC(=O)OCC1CC1. The van der Waals surface area contributed by atoms with Crippen molar-refractivity contribution in [2.75, 3.05) is 6.61 Å². The molecule has 0 radical (unpaired) electrons. The predicted octanol–water partition coefficient (Wildman–Crippen LogP) is 1.31. The van der Waals surface area contributed by atoms with Gasteiger partial charge in [0.25, 0.3) is 0 Å². The molecule has 0 amide bonds. The molecule has 0 aromatic rings. The van der Waals surface area contributed by atoms with E-state index in [2.05, 4.69) is 0 Å². The third-order valence-corrected chi connectivity index (χ3v) is 1.86. The van der Waals surface area contributed by atoms with Crippen LogP contribution >= 0.6 is 0 Å². The molecule has 1 aliphatic rings. The maximum atomic E-state index is 10.9. The average Bonchev–Trinajstić information content (AvgIpc) is 2.80. The van der Waals surface area contributed by atoms with Gasteiger partial charge in [-0.05, 0) is 25.7 Å². The molecule has 0 unspecified atom stereocenters. The van der Waals surface area contributed by atoms with Gasteiger partial charge in [-0.15, -0.1) is 0 Å². The molecule has 1 fully saturated rings. The van der Waals surface area contributed by atoms with Gasteiger partial charge >= 0.3 is 5.97 Å². The van der Waals surface area contributed by atoms with E-state index < -0.39 is 0 Å². The zero-order chi connectivity index (χ0) is 8.97. The molecular weight excluding hydrogens is 156 g/mol. The van der Waals surface area contributed by atoms with Crippen molar-refractivity contribution in [2.24, 2.45) is 5.92 Å². The molecule has 0 spiro atoms. The van der Waals surface area contributed by atoms with Crippen LogP contribution in [0.1, 0.15) is 32.6 Å². The molecule has 0 heterocycles. The van der Waals surface area contributed by atoms with Crippen molar-refractivity contribution < 1.29 is 14.3 Å². The second kappa shape index (κ2) is 4.24. The first-order valence-corrected chi connectivity index (χ1v) is 4.33. The minimum absolute atomic E-state index is 0.0402. The number of Topliss-reactive ketones (excluding diaryl/α,β-unsaturated/α-hetero) is 1. The number of carbonyl (C=O) groups excluding carboxylic acids is 2. The van der Waals surface area contributed by atoms with Crippen LogP contribution in [0.5, 0.6) is 0 Å². The Labute approximate surface area is 72.1 Å². The molecule has 12 heavy (non-hydrogen) atoms. The zero-order valence-corrected chi connectivity index (χ0v) is 7.34. The first-order valence-electron chi connectivity index (χ1n) is 4.33. The normalized spacial score (nSPS) is 15.8. The van der Waals surface area contributed by atoms with E-state index in [0.29, 0.717) is 18.9 Å². The molecule has 0 bridgehead atoms. The number of carbonyl (C=O) groups is 2. The van der Waals surface area contributed by atoms with Crippen LogP contribution in [0, 0.1) is 5.92 Å². The number of rotatable bonds is 5. The number of ketones is 1. The van der Waals surface area contributed by atoms with Gasteiger partial charge in [0, 0.05) is 6.42 Å². The van der Waals surface area contributed by atoms with E-state index in [0.717, 1.165) is 0 Å². The van der Waals surface area contributed by atoms with E-state index in [1.54, 1.807) is 0 Å². The monoisotopic (exact) mass is 170 g/mol. The highest BCUT2D eigenvalue weighted by Crippen LogP contribution is 2.28. The van der Waals surface area contributed by atoms with Crippen LogP contribution in [0.2, 0.25) is 0 Å². The number of ether oxygens (including phenoxy) is 1. The van der Waals surface area contributed by atoms with Gasteiger partial charge in [-0.25, -0.2) is 0 Å². The van der Waals surface area contributed by atoms with Crippen LogP contribution < -0.4 is 0 Å². The molecule has 1 rings (SSSR count). The third kappa shape index (κ3) is 4.11. The molecule has 1 saturated carbocycles. The highest BCUT2D eigenvalue weighted by Gasteiger charge is 2.22. The lowest BCUT2D eigenvalue weighted by atomic mass is 10.2. The van der Waals surface area contributed by atoms with Gasteiger partial charge in [0.05, 0.1) is 13.0 Å². The lowest BCUT2D eigenvalue weighted by Crippen LogP contribution is -2.08. The summed E-state index contributed by atoms with van der Waals surface area (Å²) in [5.74, 6) is 0.404. The molecule has 0 aromatic heterocycles. The quantitative estimate of drug-likeness (QED) is 0.584. The van der Waals surface area contributed by atoms with E-state index in [-0.39, 0.29) is 18.2 Å². The van der Waals surface area contributed by atoms with E-state index in [1.807, 2.05) is 0 Å². The van der Waals surface area contributed by atoms with Gasteiger partial charge in [-0.1, -0.05) is 0 Å². The summed E-state index contributed by atoms with van der Waals surface area (Å²) < 4.78 is 4.93. The van der Waals surface area contributed by atoms with Crippen molar-refractivity contribution >= 4 is 11.8 Å². The second-order valence-corrected chi connectivity index (χ2v) is 3.33. The first-order chi connectivity index (χ1) is 5.68. The van der Waals surface area contributed by atoms with Gasteiger partial charge in [-0.3, -0.25) is 4.79 Å². The Morgan fingerprint density at radius 3 is 2.50 bits per heavy atom. The van der Waals surface area contributed by atoms with Crippen LogP contribution in [0.25, 0.3) is 0 Å². The van der Waals surface area contributed by atoms with E-state index in [4.69, 9.17) is 4.74 Å². The fourth-order valence-corrected chi connectivity index (χ4v) is 0.846. The third-order valence-electron chi connectivity index (χ3n) is 1.86. The number of hydrogen-bond donors (Lipinski definition) is 0. The van der Waals surface area contributed by atoms with Crippen LogP contribution in [0.15, 0.2) is 0 Å². The Balaban J connectivity index is 1.98. The number of hydrogen-bond acceptors (Lipinski definition) is 3. The van der Waals surface area contributed by atoms with Crippen molar-refractivity contribution in [3.05, 3.63) is 0 Å². The summed E-state index contributed by atoms with van der Waals surface area (Å²) >= 11 is 0. The van der Waals surface area contributed by atoms with Crippen LogP contribution in [-0.4, -0.2) is 18.4 Å². The average molecular weight is 170 g/mol. The minimum Gasteiger partial charge on any atom is -0.465 e. The fourth-order valence-electron chi connectivity index (χ4n) is 0.846. The van der Waals surface area contributed by atoms with Crippen LogP contribution in [-0.2, 0) is 14.3 Å². The molecule has 3 nitrogen and oxygen atoms in total. The van der Waals surface area contributed by atoms with E-state index in [9.17, 15) is 9.59 Å². The number of esters is 1. The molecular formula is C9H14O3. The van der Waals surface area contributed by atoms with Gasteiger partial charge in [0.15, 0.2) is 0 Å². The Kier molecular flexibility index (Phi) is 3.26. The van der Waals surface area contributed by atoms with E-state index >= 15 is 0 Å². The Morgan fingerprint density at radius 1 is 1.33 bits per heavy atom. The lowest BCUT2D eigenvalue weighted by molar-refractivity contribution is -0.145. The molecule has 0 saturated heterocycles. The molecule has 68 valence electrons. The Morgan fingerprint density at radius 2 is 2.00 bits per heavy atom. The van der Waals surface area contributed by atoms with Gasteiger partial charge in [0.1, 0.15) is 5.78 Å². The minimum atomic E-state index is -0.239. The second-order valence-electron chi connectivity index (χ2n) is 3.33. The summed E-state index contributed by atoms with van der Waals surface area (Å²) in [4.78, 5) is 21.4. The van der Waals surface area contributed by atoms with Crippen LogP contribution in [0.4, 0.5) is 0 Å². The van der Waals surface area contributed by atoms with E-state index in [1.165, 1.54) is 19.8 Å². The topological polar surface area (TPSA) is 43.4 Å². The smallest absolute Gasteiger partial charge is 0.306 e. The summed E-state index contributed by atoms with van der Waals surface area (Å²) in [6.07, 6.45) is 2.91. The standard InChI is InChI=1S/C9H14O3/c1-7(10)2-5-9(11)12-6-8-3-4-8/h8H,2-6H2,1H3. The summed E-state index contributed by atoms with van der Waals surface area (Å²) in [5, 5.41) is 0. The van der Waals surface area contributed by atoms with Crippen molar-refractivity contribution in [3.8, 4) is 0 Å².